The molecule has 0 radical (unpaired) electrons. The monoisotopic (exact) mass is 270 g/mol. The second kappa shape index (κ2) is 5.61. The first-order valence-electron chi connectivity index (χ1n) is 7.09. The van der Waals surface area contributed by atoms with Gasteiger partial charge in [0.1, 0.15) is 0 Å². The molecule has 1 heterocycles. The van der Waals surface area contributed by atoms with Gasteiger partial charge < -0.3 is 4.90 Å². The Morgan fingerprint density at radius 2 is 1.80 bits per heavy atom. The van der Waals surface area contributed by atoms with Gasteiger partial charge in [0.05, 0.1) is 33.2 Å². The highest BCUT2D eigenvalue weighted by atomic mass is 16.2. The van der Waals surface area contributed by atoms with Crippen LogP contribution in [0.5, 0.6) is 0 Å². The molecule has 20 heavy (non-hydrogen) atoms. The van der Waals surface area contributed by atoms with Gasteiger partial charge in [0.15, 0.2) is 0 Å². The molecule has 4 nitrogen and oxygen atoms in total. The number of benzene rings is 2. The largest absolute Gasteiger partial charge is 0.335 e. The fourth-order valence-electron chi connectivity index (χ4n) is 2.63. The first kappa shape index (κ1) is 13.1. The molecule has 1 aliphatic heterocycles. The number of amides is 1. The Morgan fingerprint density at radius 1 is 1.10 bits per heavy atom. The van der Waals surface area contributed by atoms with Crippen molar-refractivity contribution in [3.05, 3.63) is 48.0 Å². The van der Waals surface area contributed by atoms with Crippen LogP contribution in [0.2, 0.25) is 0 Å². The molecule has 0 aliphatic carbocycles. The molecule has 2 aromatic carbocycles. The molecule has 2 aromatic rings. The van der Waals surface area contributed by atoms with Gasteiger partial charge >= 0.3 is 0 Å². The summed E-state index contributed by atoms with van der Waals surface area (Å²) in [5.41, 5.74) is 3.77. The van der Waals surface area contributed by atoms with E-state index in [1.807, 2.05) is 47.5 Å². The molecule has 104 valence electrons. The SMILES string of the molecule is C[NH+]1CCN(NC(=O)c2cccc3ccccc23)CC1. The molecule has 0 spiro atoms. The average Bonchev–Trinajstić information content (AvgIpc) is 2.49. The van der Waals surface area contributed by atoms with Crippen LogP contribution in [-0.2, 0) is 0 Å². The van der Waals surface area contributed by atoms with E-state index in [1.165, 1.54) is 4.90 Å². The van der Waals surface area contributed by atoms with E-state index >= 15 is 0 Å². The highest BCUT2D eigenvalue weighted by Crippen LogP contribution is 2.18. The molecule has 1 saturated heterocycles. The number of hydrazine groups is 1. The smallest absolute Gasteiger partial charge is 0.266 e. The molecular weight excluding hydrogens is 250 g/mol. The number of piperazine rings is 1. The van der Waals surface area contributed by atoms with Crippen LogP contribution >= 0.6 is 0 Å². The molecule has 2 N–H and O–H groups in total. The minimum Gasteiger partial charge on any atom is -0.335 e. The standard InChI is InChI=1S/C16H19N3O/c1-18-9-11-19(12-10-18)17-16(20)15-8-4-6-13-5-2-3-7-14(13)15/h2-8H,9-12H2,1H3,(H,17,20)/p+1. The molecule has 3 rings (SSSR count). The van der Waals surface area contributed by atoms with Crippen LogP contribution in [0.4, 0.5) is 0 Å². The number of quaternary nitrogens is 1. The third-order valence-corrected chi connectivity index (χ3v) is 3.91. The molecule has 1 aliphatic rings. The Kier molecular flexibility index (Phi) is 3.67. The van der Waals surface area contributed by atoms with Crippen molar-refractivity contribution in [3.63, 3.8) is 0 Å². The van der Waals surface area contributed by atoms with Crippen molar-refractivity contribution in [2.75, 3.05) is 33.2 Å². The van der Waals surface area contributed by atoms with Gasteiger partial charge in [-0.2, -0.15) is 0 Å². The zero-order valence-electron chi connectivity index (χ0n) is 11.7. The van der Waals surface area contributed by atoms with Crippen LogP contribution < -0.4 is 10.3 Å². The number of hydrogen-bond acceptors (Lipinski definition) is 2. The Morgan fingerprint density at radius 3 is 2.60 bits per heavy atom. The first-order chi connectivity index (χ1) is 9.74. The highest BCUT2D eigenvalue weighted by Gasteiger charge is 2.19. The van der Waals surface area contributed by atoms with Gasteiger partial charge in [-0.3, -0.25) is 10.2 Å². The predicted octanol–water partition coefficient (Wildman–Crippen LogP) is 0.315. The fourth-order valence-corrected chi connectivity index (χ4v) is 2.63. The van der Waals surface area contributed by atoms with Crippen LogP contribution in [0, 0.1) is 0 Å². The molecule has 0 unspecified atom stereocenters. The molecule has 0 saturated carbocycles. The average molecular weight is 270 g/mol. The van der Waals surface area contributed by atoms with E-state index in [-0.39, 0.29) is 5.91 Å². The van der Waals surface area contributed by atoms with Gasteiger partial charge in [-0.15, -0.1) is 0 Å². The number of nitrogens with zero attached hydrogens (tertiary/aromatic N) is 1. The number of likely N-dealkylation sites (N-methyl/N-ethyl adjacent to an activating group) is 1. The second-order valence-corrected chi connectivity index (χ2v) is 5.41. The zero-order valence-corrected chi connectivity index (χ0v) is 11.7. The van der Waals surface area contributed by atoms with E-state index in [9.17, 15) is 4.79 Å². The quantitative estimate of drug-likeness (QED) is 0.824. The summed E-state index contributed by atoms with van der Waals surface area (Å²) in [5.74, 6) is -0.0126. The fraction of sp³-hybridized carbons (Fsp3) is 0.312. The summed E-state index contributed by atoms with van der Waals surface area (Å²) in [7, 11) is 2.18. The van der Waals surface area contributed by atoms with Crippen LogP contribution in [-0.4, -0.2) is 44.1 Å². The van der Waals surface area contributed by atoms with Crippen molar-refractivity contribution in [2.45, 2.75) is 0 Å². The van der Waals surface area contributed by atoms with E-state index in [0.717, 1.165) is 42.5 Å². The summed E-state index contributed by atoms with van der Waals surface area (Å²) < 4.78 is 0. The van der Waals surface area contributed by atoms with Gasteiger partial charge in [-0.05, 0) is 16.8 Å². The number of carbonyl (C=O) groups is 1. The van der Waals surface area contributed by atoms with Crippen molar-refractivity contribution in [2.24, 2.45) is 0 Å². The summed E-state index contributed by atoms with van der Waals surface area (Å²) in [6.07, 6.45) is 0. The van der Waals surface area contributed by atoms with Crippen molar-refractivity contribution in [1.29, 1.82) is 0 Å². The minimum absolute atomic E-state index is 0.0126. The van der Waals surface area contributed by atoms with E-state index in [4.69, 9.17) is 0 Å². The number of nitrogens with one attached hydrogen (secondary N) is 2. The number of hydrogen-bond donors (Lipinski definition) is 2. The summed E-state index contributed by atoms with van der Waals surface area (Å²) in [6.45, 7) is 3.94. The normalized spacial score (nSPS) is 17.2. The highest BCUT2D eigenvalue weighted by molar-refractivity contribution is 6.06. The number of rotatable bonds is 2. The molecular formula is C16H20N3O+. The van der Waals surface area contributed by atoms with Crippen LogP contribution in [0.25, 0.3) is 10.8 Å². The number of fused-ring (bicyclic) bond motifs is 1. The third-order valence-electron chi connectivity index (χ3n) is 3.91. The number of carbonyl (C=O) groups excluding carboxylic acids is 1. The first-order valence-corrected chi connectivity index (χ1v) is 7.09. The molecule has 1 fully saturated rings. The van der Waals surface area contributed by atoms with E-state index in [1.54, 1.807) is 0 Å². The molecule has 1 amide bonds. The van der Waals surface area contributed by atoms with E-state index in [0.29, 0.717) is 0 Å². The van der Waals surface area contributed by atoms with Crippen LogP contribution in [0.1, 0.15) is 10.4 Å². The summed E-state index contributed by atoms with van der Waals surface area (Å²) in [4.78, 5) is 14.0. The van der Waals surface area contributed by atoms with Crippen LogP contribution in [0.3, 0.4) is 0 Å². The lowest BCUT2D eigenvalue weighted by Gasteiger charge is -2.30. The van der Waals surface area contributed by atoms with Gasteiger partial charge in [0, 0.05) is 5.56 Å². The molecule has 0 atom stereocenters. The third kappa shape index (κ3) is 2.66. The van der Waals surface area contributed by atoms with Crippen molar-refractivity contribution < 1.29 is 9.69 Å². The second-order valence-electron chi connectivity index (χ2n) is 5.41. The lowest BCUT2D eigenvalue weighted by Crippen LogP contribution is -3.12. The Balaban J connectivity index is 1.79. The zero-order chi connectivity index (χ0) is 13.9. The lowest BCUT2D eigenvalue weighted by molar-refractivity contribution is -0.884. The Labute approximate surface area is 118 Å². The topological polar surface area (TPSA) is 36.8 Å². The molecule has 0 aromatic heterocycles. The van der Waals surface area contributed by atoms with Crippen LogP contribution in [0.15, 0.2) is 42.5 Å². The maximum Gasteiger partial charge on any atom is 0.266 e. The summed E-state index contributed by atoms with van der Waals surface area (Å²) in [5, 5.41) is 4.13. The Hall–Kier alpha value is -1.91. The molecule has 0 bridgehead atoms. The van der Waals surface area contributed by atoms with Crippen molar-refractivity contribution in [1.82, 2.24) is 10.4 Å². The summed E-state index contributed by atoms with van der Waals surface area (Å²) in [6, 6.07) is 13.9. The van der Waals surface area contributed by atoms with Crippen molar-refractivity contribution >= 4 is 16.7 Å². The Bertz CT molecular complexity index is 613. The van der Waals surface area contributed by atoms with Crippen molar-refractivity contribution in [3.8, 4) is 0 Å². The predicted molar refractivity (Wildman–Crippen MR) is 79.6 cm³/mol. The van der Waals surface area contributed by atoms with Gasteiger partial charge in [-0.1, -0.05) is 36.4 Å². The lowest BCUT2D eigenvalue weighted by atomic mass is 10.0. The van der Waals surface area contributed by atoms with E-state index in [2.05, 4.69) is 12.5 Å². The summed E-state index contributed by atoms with van der Waals surface area (Å²) >= 11 is 0. The van der Waals surface area contributed by atoms with Gasteiger partial charge in [0.25, 0.3) is 5.91 Å². The van der Waals surface area contributed by atoms with Gasteiger partial charge in [-0.25, -0.2) is 5.01 Å². The van der Waals surface area contributed by atoms with E-state index < -0.39 is 0 Å². The maximum absolute atomic E-state index is 12.4. The molecule has 4 heteroatoms. The minimum atomic E-state index is -0.0126. The van der Waals surface area contributed by atoms with Gasteiger partial charge in [0.2, 0.25) is 0 Å². The maximum atomic E-state index is 12.4.